The van der Waals surface area contributed by atoms with Gasteiger partial charge in [0.2, 0.25) is 0 Å². The first kappa shape index (κ1) is 22.6. The van der Waals surface area contributed by atoms with E-state index < -0.39 is 0 Å². The van der Waals surface area contributed by atoms with Gasteiger partial charge in [-0.15, -0.1) is 0 Å². The minimum absolute atomic E-state index is 0.774. The van der Waals surface area contributed by atoms with Crippen LogP contribution < -0.4 is 9.64 Å². The minimum atomic E-state index is 0.774. The lowest BCUT2D eigenvalue weighted by molar-refractivity contribution is 0.481. The van der Waals surface area contributed by atoms with Crippen molar-refractivity contribution in [3.63, 3.8) is 0 Å². The van der Waals surface area contributed by atoms with Crippen LogP contribution in [0.4, 0.5) is 5.69 Å². The summed E-state index contributed by atoms with van der Waals surface area (Å²) in [6, 6.07) is 33.0. The predicted molar refractivity (Wildman–Crippen MR) is 149 cm³/mol. The molecule has 0 saturated heterocycles. The molecule has 0 N–H and O–H groups in total. The van der Waals surface area contributed by atoms with Gasteiger partial charge in [0.1, 0.15) is 11.5 Å². The van der Waals surface area contributed by atoms with E-state index in [4.69, 9.17) is 4.74 Å². The highest BCUT2D eigenvalue weighted by molar-refractivity contribution is 5.75. The zero-order valence-corrected chi connectivity index (χ0v) is 20.5. The summed E-state index contributed by atoms with van der Waals surface area (Å²) in [6.45, 7) is 0.826. The second kappa shape index (κ2) is 9.99. The molecule has 0 spiro atoms. The van der Waals surface area contributed by atoms with Gasteiger partial charge in [-0.25, -0.2) is 0 Å². The number of anilines is 1. The number of rotatable bonds is 6. The topological polar surface area (TPSA) is 41.5 Å². The van der Waals surface area contributed by atoms with Crippen LogP contribution >= 0.6 is 0 Å². The van der Waals surface area contributed by atoms with E-state index in [2.05, 4.69) is 87.7 Å². The summed E-state index contributed by atoms with van der Waals surface area (Å²) in [5, 5.41) is 0. The third-order valence-corrected chi connectivity index (χ3v) is 6.36. The molecule has 0 fully saturated rings. The molecule has 0 atom stereocenters. The molecule has 3 aromatic carbocycles. The van der Waals surface area contributed by atoms with Crippen molar-refractivity contribution in [2.75, 3.05) is 18.6 Å². The molecule has 2 aromatic heterocycles. The molecule has 1 aliphatic heterocycles. The Morgan fingerprint density at radius 3 is 2.11 bits per heavy atom. The Balaban J connectivity index is 1.25. The largest absolute Gasteiger partial charge is 0.457 e. The maximum Gasteiger partial charge on any atom is 0.129 e. The molecule has 0 unspecified atom stereocenters. The Bertz CT molecular complexity index is 1560. The average Bonchev–Trinajstić information content (AvgIpc) is 3.40. The lowest BCUT2D eigenvalue weighted by Gasteiger charge is -2.19. The van der Waals surface area contributed by atoms with Crippen LogP contribution in [0.5, 0.6) is 11.5 Å². The van der Waals surface area contributed by atoms with Crippen LogP contribution in [0.2, 0.25) is 0 Å². The first-order chi connectivity index (χ1) is 18.2. The lowest BCUT2D eigenvalue weighted by Crippen LogP contribution is -2.21. The monoisotopic (exact) mass is 482 g/mol. The molecule has 1 aliphatic rings. The highest BCUT2D eigenvalue weighted by atomic mass is 16.5. The highest BCUT2D eigenvalue weighted by Crippen LogP contribution is 2.32. The number of benzene rings is 3. The van der Waals surface area contributed by atoms with Crippen LogP contribution in [0, 0.1) is 0 Å². The summed E-state index contributed by atoms with van der Waals surface area (Å²) in [6.07, 6.45) is 9.64. The van der Waals surface area contributed by atoms with Gasteiger partial charge in [0.05, 0.1) is 12.4 Å². The molecule has 0 radical (unpaired) electrons. The molecule has 0 bridgehead atoms. The van der Waals surface area contributed by atoms with Crippen LogP contribution in [0.25, 0.3) is 33.5 Å². The third-order valence-electron chi connectivity index (χ3n) is 6.36. The maximum atomic E-state index is 6.25. The van der Waals surface area contributed by atoms with Gasteiger partial charge in [0, 0.05) is 55.4 Å². The molecule has 180 valence electrons. The zero-order valence-electron chi connectivity index (χ0n) is 20.5. The standard InChI is InChI=1S/C32H26N4O/c1-35-17-18-36(23-35)29-8-4-10-31(22-29)37-30-9-3-7-28(20-30)32-21-27(13-16-34-32)26-6-2-5-25(19-26)24-11-14-33-15-12-24/h2-22H,23H2,1H3. The first-order valence-electron chi connectivity index (χ1n) is 12.2. The summed E-state index contributed by atoms with van der Waals surface area (Å²) < 4.78 is 6.25. The van der Waals surface area contributed by atoms with Crippen molar-refractivity contribution in [2.24, 2.45) is 0 Å². The molecule has 0 saturated carbocycles. The van der Waals surface area contributed by atoms with E-state index in [0.717, 1.165) is 57.4 Å². The fourth-order valence-electron chi connectivity index (χ4n) is 4.47. The lowest BCUT2D eigenvalue weighted by atomic mass is 9.99. The Morgan fingerprint density at radius 2 is 1.30 bits per heavy atom. The van der Waals surface area contributed by atoms with Crippen LogP contribution in [0.15, 0.2) is 128 Å². The second-order valence-corrected chi connectivity index (χ2v) is 9.04. The smallest absolute Gasteiger partial charge is 0.129 e. The van der Waals surface area contributed by atoms with Crippen molar-refractivity contribution in [3.05, 3.63) is 128 Å². The quantitative estimate of drug-likeness (QED) is 0.251. The van der Waals surface area contributed by atoms with Gasteiger partial charge in [0.25, 0.3) is 0 Å². The fourth-order valence-corrected chi connectivity index (χ4v) is 4.47. The van der Waals surface area contributed by atoms with Crippen molar-refractivity contribution < 1.29 is 4.74 Å². The van der Waals surface area contributed by atoms with Gasteiger partial charge >= 0.3 is 0 Å². The van der Waals surface area contributed by atoms with Gasteiger partial charge in [0.15, 0.2) is 0 Å². The SMILES string of the molecule is CN1C=CN(c2cccc(Oc3cccc(-c4cc(-c5cccc(-c6ccncc6)c5)ccn4)c3)c2)C1. The number of pyridine rings is 2. The van der Waals surface area contributed by atoms with E-state index in [0.29, 0.717) is 0 Å². The van der Waals surface area contributed by atoms with E-state index >= 15 is 0 Å². The summed E-state index contributed by atoms with van der Waals surface area (Å²) in [5.41, 5.74) is 7.56. The number of hydrogen-bond donors (Lipinski definition) is 0. The van der Waals surface area contributed by atoms with E-state index in [1.807, 2.05) is 67.1 Å². The number of aromatic nitrogens is 2. The van der Waals surface area contributed by atoms with Gasteiger partial charge in [-0.1, -0.05) is 36.4 Å². The van der Waals surface area contributed by atoms with Gasteiger partial charge in [-0.2, -0.15) is 0 Å². The van der Waals surface area contributed by atoms with Crippen molar-refractivity contribution in [1.82, 2.24) is 14.9 Å². The summed E-state index contributed by atoms with van der Waals surface area (Å²) in [5.74, 6) is 1.57. The number of ether oxygens (including phenoxy) is 1. The summed E-state index contributed by atoms with van der Waals surface area (Å²) in [7, 11) is 2.06. The first-order valence-corrected chi connectivity index (χ1v) is 12.2. The average molecular weight is 483 g/mol. The second-order valence-electron chi connectivity index (χ2n) is 9.04. The number of nitrogens with zero attached hydrogens (tertiary/aromatic N) is 4. The fraction of sp³-hybridized carbons (Fsp3) is 0.0625. The summed E-state index contributed by atoms with van der Waals surface area (Å²) in [4.78, 5) is 13.1. The van der Waals surface area contributed by atoms with Crippen LogP contribution in [-0.2, 0) is 0 Å². The van der Waals surface area contributed by atoms with Crippen molar-refractivity contribution in [2.45, 2.75) is 0 Å². The highest BCUT2D eigenvalue weighted by Gasteiger charge is 2.12. The molecule has 0 aliphatic carbocycles. The van der Waals surface area contributed by atoms with Crippen LogP contribution in [0.1, 0.15) is 0 Å². The molecule has 5 heteroatoms. The van der Waals surface area contributed by atoms with Gasteiger partial charge in [-0.05, 0) is 76.9 Å². The van der Waals surface area contributed by atoms with Crippen LogP contribution in [0.3, 0.4) is 0 Å². The van der Waals surface area contributed by atoms with Crippen molar-refractivity contribution in [1.29, 1.82) is 0 Å². The zero-order chi connectivity index (χ0) is 25.0. The van der Waals surface area contributed by atoms with Crippen molar-refractivity contribution >= 4 is 5.69 Å². The predicted octanol–water partition coefficient (Wildman–Crippen LogP) is 7.45. The summed E-state index contributed by atoms with van der Waals surface area (Å²) >= 11 is 0. The minimum Gasteiger partial charge on any atom is -0.457 e. The normalized spacial score (nSPS) is 12.7. The van der Waals surface area contributed by atoms with Crippen molar-refractivity contribution in [3.8, 4) is 45.0 Å². The Hall–Kier alpha value is -4.90. The van der Waals surface area contributed by atoms with E-state index in [1.54, 1.807) is 0 Å². The maximum absolute atomic E-state index is 6.25. The Labute approximate surface area is 216 Å². The van der Waals surface area contributed by atoms with Gasteiger partial charge < -0.3 is 14.5 Å². The molecule has 37 heavy (non-hydrogen) atoms. The molecule has 6 rings (SSSR count). The molecular weight excluding hydrogens is 456 g/mol. The third kappa shape index (κ3) is 5.07. The Kier molecular flexibility index (Phi) is 6.09. The molecule has 5 aromatic rings. The molecule has 0 amide bonds. The van der Waals surface area contributed by atoms with E-state index in [9.17, 15) is 0 Å². The van der Waals surface area contributed by atoms with E-state index in [1.165, 1.54) is 0 Å². The van der Waals surface area contributed by atoms with Crippen LogP contribution in [-0.4, -0.2) is 28.6 Å². The molecular formula is C32H26N4O. The number of hydrogen-bond acceptors (Lipinski definition) is 5. The molecule has 3 heterocycles. The van der Waals surface area contributed by atoms with E-state index in [-0.39, 0.29) is 0 Å². The molecule has 5 nitrogen and oxygen atoms in total. The van der Waals surface area contributed by atoms with Gasteiger partial charge in [-0.3, -0.25) is 9.97 Å². The Morgan fingerprint density at radius 1 is 0.622 bits per heavy atom.